The van der Waals surface area contributed by atoms with Gasteiger partial charge in [-0.1, -0.05) is 0 Å². The smallest absolute Gasteiger partial charge is 0.269 e. The lowest BCUT2D eigenvalue weighted by Crippen LogP contribution is -2.26. The second-order valence-electron chi connectivity index (χ2n) is 2.48. The summed E-state index contributed by atoms with van der Waals surface area (Å²) in [5, 5.41) is 0. The average molecular weight is 124 g/mol. The first kappa shape index (κ1) is 4.97. The Kier molecular flexibility index (Phi) is 0.860. The highest BCUT2D eigenvalue weighted by Crippen LogP contribution is 2.19. The molecule has 0 bridgehead atoms. The molecule has 2 heterocycles. The Bertz CT molecular complexity index is 176. The summed E-state index contributed by atoms with van der Waals surface area (Å²) in [5.41, 5.74) is 0. The Morgan fingerprint density at radius 1 is 1.78 bits per heavy atom. The van der Waals surface area contributed by atoms with Crippen LogP contribution in [0.25, 0.3) is 0 Å². The highest BCUT2D eigenvalue weighted by molar-refractivity contribution is 5.95. The summed E-state index contributed by atoms with van der Waals surface area (Å²) in [5.74, 6) is 0.0486. The molecule has 2 aliphatic heterocycles. The van der Waals surface area contributed by atoms with Gasteiger partial charge in [-0.25, -0.2) is 4.99 Å². The minimum atomic E-state index is 0.0486. The number of carbonyl (C=O) groups excluding carboxylic acids is 1. The molecule has 0 radical (unpaired) electrons. The molecule has 3 heteroatoms. The molecule has 0 aliphatic carbocycles. The summed E-state index contributed by atoms with van der Waals surface area (Å²) in [4.78, 5) is 16.5. The quantitative estimate of drug-likeness (QED) is 0.456. The number of hydrogen-bond donors (Lipinski definition) is 0. The molecular formula is C6H8N2O. The molecule has 0 spiro atoms. The van der Waals surface area contributed by atoms with Crippen molar-refractivity contribution in [3.63, 3.8) is 0 Å². The van der Waals surface area contributed by atoms with Gasteiger partial charge in [0.15, 0.2) is 0 Å². The van der Waals surface area contributed by atoms with Gasteiger partial charge < -0.3 is 4.90 Å². The number of nitrogens with zero attached hydrogens (tertiary/aromatic N) is 2. The van der Waals surface area contributed by atoms with Crippen LogP contribution in [0.15, 0.2) is 4.99 Å². The van der Waals surface area contributed by atoms with Gasteiger partial charge >= 0.3 is 0 Å². The Morgan fingerprint density at radius 3 is 3.44 bits per heavy atom. The predicted molar refractivity (Wildman–Crippen MR) is 33.2 cm³/mol. The third-order valence-corrected chi connectivity index (χ3v) is 1.91. The molecule has 0 aromatic carbocycles. The minimum Gasteiger partial charge on any atom is -0.350 e. The number of rotatable bonds is 0. The molecule has 0 N–H and O–H groups in total. The van der Waals surface area contributed by atoms with Crippen LogP contribution in [0.5, 0.6) is 0 Å². The number of amides is 1. The normalized spacial score (nSPS) is 31.8. The van der Waals surface area contributed by atoms with Gasteiger partial charge in [-0.3, -0.25) is 4.79 Å². The molecule has 2 rings (SSSR count). The zero-order chi connectivity index (χ0) is 6.27. The van der Waals surface area contributed by atoms with E-state index in [9.17, 15) is 4.79 Å². The molecule has 1 fully saturated rings. The maximum Gasteiger partial charge on any atom is 0.269 e. The lowest BCUT2D eigenvalue weighted by Gasteiger charge is -2.09. The molecule has 48 valence electrons. The zero-order valence-corrected chi connectivity index (χ0v) is 5.08. The molecule has 0 aromatic heterocycles. The van der Waals surface area contributed by atoms with Crippen molar-refractivity contribution in [1.29, 1.82) is 0 Å². The van der Waals surface area contributed by atoms with Gasteiger partial charge in [0.05, 0.1) is 6.34 Å². The second-order valence-corrected chi connectivity index (χ2v) is 2.48. The summed E-state index contributed by atoms with van der Waals surface area (Å²) < 4.78 is 0. The van der Waals surface area contributed by atoms with Crippen molar-refractivity contribution < 1.29 is 4.79 Å². The minimum absolute atomic E-state index is 0.0486. The Hall–Kier alpha value is -0.860. The van der Waals surface area contributed by atoms with E-state index >= 15 is 0 Å². The summed E-state index contributed by atoms with van der Waals surface area (Å²) in [6, 6.07) is 0.116. The predicted octanol–water partition coefficient (Wildman–Crippen LogP) is 0.0193. The van der Waals surface area contributed by atoms with E-state index in [4.69, 9.17) is 0 Å². The second kappa shape index (κ2) is 1.56. The van der Waals surface area contributed by atoms with Crippen molar-refractivity contribution in [3.8, 4) is 0 Å². The van der Waals surface area contributed by atoms with Crippen LogP contribution in [-0.2, 0) is 4.79 Å². The van der Waals surface area contributed by atoms with Crippen LogP contribution in [0, 0.1) is 0 Å². The van der Waals surface area contributed by atoms with E-state index in [0.717, 1.165) is 19.4 Å². The summed E-state index contributed by atoms with van der Waals surface area (Å²) >= 11 is 0. The SMILES string of the molecule is O=C1N=CN2CCCC12. The highest BCUT2D eigenvalue weighted by atomic mass is 16.2. The van der Waals surface area contributed by atoms with Gasteiger partial charge in [-0.15, -0.1) is 0 Å². The molecule has 2 aliphatic rings. The van der Waals surface area contributed by atoms with Crippen LogP contribution in [0.4, 0.5) is 0 Å². The van der Waals surface area contributed by atoms with E-state index < -0.39 is 0 Å². The van der Waals surface area contributed by atoms with Crippen molar-refractivity contribution in [2.24, 2.45) is 4.99 Å². The molecule has 1 amide bonds. The first-order valence-corrected chi connectivity index (χ1v) is 3.22. The number of aliphatic imine (C=N–C) groups is 1. The van der Waals surface area contributed by atoms with E-state index in [1.807, 2.05) is 4.90 Å². The van der Waals surface area contributed by atoms with Crippen LogP contribution in [0.3, 0.4) is 0 Å². The van der Waals surface area contributed by atoms with Crippen molar-refractivity contribution in [1.82, 2.24) is 4.90 Å². The highest BCUT2D eigenvalue weighted by Gasteiger charge is 2.32. The van der Waals surface area contributed by atoms with Gasteiger partial charge in [0.25, 0.3) is 5.91 Å². The van der Waals surface area contributed by atoms with Gasteiger partial charge in [-0.2, -0.15) is 0 Å². The zero-order valence-electron chi connectivity index (χ0n) is 5.08. The van der Waals surface area contributed by atoms with Crippen LogP contribution in [0.2, 0.25) is 0 Å². The van der Waals surface area contributed by atoms with Gasteiger partial charge in [0.2, 0.25) is 0 Å². The summed E-state index contributed by atoms with van der Waals surface area (Å²) in [6.45, 7) is 1.01. The fourth-order valence-corrected chi connectivity index (χ4v) is 1.41. The average Bonchev–Trinajstić information content (AvgIpc) is 2.35. The molecule has 1 unspecified atom stereocenters. The molecule has 1 saturated heterocycles. The van der Waals surface area contributed by atoms with E-state index in [0.29, 0.717) is 0 Å². The van der Waals surface area contributed by atoms with Gasteiger partial charge in [0, 0.05) is 6.54 Å². The van der Waals surface area contributed by atoms with Gasteiger partial charge in [-0.05, 0) is 12.8 Å². The maximum absolute atomic E-state index is 10.8. The van der Waals surface area contributed by atoms with Crippen molar-refractivity contribution in [3.05, 3.63) is 0 Å². The fraction of sp³-hybridized carbons (Fsp3) is 0.667. The topological polar surface area (TPSA) is 32.7 Å². The van der Waals surface area contributed by atoms with E-state index in [1.54, 1.807) is 6.34 Å². The lowest BCUT2D eigenvalue weighted by molar-refractivity contribution is -0.119. The van der Waals surface area contributed by atoms with Crippen molar-refractivity contribution in [2.45, 2.75) is 18.9 Å². The molecule has 9 heavy (non-hydrogen) atoms. The third-order valence-electron chi connectivity index (χ3n) is 1.91. The van der Waals surface area contributed by atoms with Crippen LogP contribution in [0.1, 0.15) is 12.8 Å². The Labute approximate surface area is 53.4 Å². The Balaban J connectivity index is 2.24. The van der Waals surface area contributed by atoms with Crippen molar-refractivity contribution in [2.75, 3.05) is 6.54 Å². The first-order chi connectivity index (χ1) is 4.38. The summed E-state index contributed by atoms with van der Waals surface area (Å²) in [7, 11) is 0. The Morgan fingerprint density at radius 2 is 2.67 bits per heavy atom. The van der Waals surface area contributed by atoms with E-state index in [1.165, 1.54) is 0 Å². The summed E-state index contributed by atoms with van der Waals surface area (Å²) in [6.07, 6.45) is 3.81. The van der Waals surface area contributed by atoms with Gasteiger partial charge in [0.1, 0.15) is 6.04 Å². The molecule has 0 aromatic rings. The van der Waals surface area contributed by atoms with Crippen LogP contribution >= 0.6 is 0 Å². The number of carbonyl (C=O) groups is 1. The largest absolute Gasteiger partial charge is 0.350 e. The van der Waals surface area contributed by atoms with Crippen LogP contribution < -0.4 is 0 Å². The monoisotopic (exact) mass is 124 g/mol. The maximum atomic E-state index is 10.8. The number of hydrogen-bond acceptors (Lipinski definition) is 2. The molecule has 0 saturated carbocycles. The molecule has 3 nitrogen and oxygen atoms in total. The van der Waals surface area contributed by atoms with E-state index in [2.05, 4.69) is 4.99 Å². The standard InChI is InChI=1S/C6H8N2O/c9-6-5-2-1-3-8(5)4-7-6/h4-5H,1-3H2. The van der Waals surface area contributed by atoms with E-state index in [-0.39, 0.29) is 11.9 Å². The fourth-order valence-electron chi connectivity index (χ4n) is 1.41. The third kappa shape index (κ3) is 0.573. The number of fused-ring (bicyclic) bond motifs is 1. The molecule has 1 atom stereocenters. The van der Waals surface area contributed by atoms with Crippen molar-refractivity contribution >= 4 is 12.2 Å². The molecular weight excluding hydrogens is 116 g/mol. The van der Waals surface area contributed by atoms with Crippen LogP contribution in [-0.4, -0.2) is 29.7 Å². The lowest BCUT2D eigenvalue weighted by atomic mass is 10.2. The first-order valence-electron chi connectivity index (χ1n) is 3.22.